The molecule has 0 fully saturated rings. The molecule has 5 heteroatoms. The topological polar surface area (TPSA) is 63.6 Å². The summed E-state index contributed by atoms with van der Waals surface area (Å²) in [5, 5.41) is 4.37. The summed E-state index contributed by atoms with van der Waals surface area (Å²) in [5.74, 6) is 0.428. The lowest BCUT2D eigenvalue weighted by molar-refractivity contribution is 0.0949. The van der Waals surface area contributed by atoms with E-state index in [1.807, 2.05) is 54.6 Å². The second-order valence-electron chi connectivity index (χ2n) is 5.93. The number of aromatic nitrogens is 1. The van der Waals surface area contributed by atoms with Crippen molar-refractivity contribution >= 4 is 11.6 Å². The highest BCUT2D eigenvalue weighted by Gasteiger charge is 2.26. The minimum absolute atomic E-state index is 0.142. The lowest BCUT2D eigenvalue weighted by atomic mass is 9.96. The Balaban J connectivity index is 1.62. The second-order valence-corrected chi connectivity index (χ2v) is 5.93. The molecule has 1 aliphatic heterocycles. The average molecular weight is 343 g/mol. The maximum absolute atomic E-state index is 12.2. The molecule has 5 nitrogen and oxygen atoms in total. The molecular formula is C21H17N3O2. The number of ether oxygens (including phenoxy) is 1. The number of fused-ring (bicyclic) bond motifs is 1. The summed E-state index contributed by atoms with van der Waals surface area (Å²) in [6.07, 6.45) is 2.01. The summed E-state index contributed by atoms with van der Waals surface area (Å²) >= 11 is 0. The number of hydrogen-bond donors (Lipinski definition) is 1. The van der Waals surface area contributed by atoms with Gasteiger partial charge in [-0.05, 0) is 29.8 Å². The van der Waals surface area contributed by atoms with Gasteiger partial charge in [-0.3, -0.25) is 9.78 Å². The molecule has 4 rings (SSSR count). The van der Waals surface area contributed by atoms with Crippen LogP contribution in [0.25, 0.3) is 0 Å². The smallest absolute Gasteiger partial charge is 0.289 e. The molecule has 1 N–H and O–H groups in total. The molecule has 1 aromatic heterocycles. The van der Waals surface area contributed by atoms with Gasteiger partial charge in [0, 0.05) is 18.2 Å². The van der Waals surface area contributed by atoms with Crippen LogP contribution in [0.4, 0.5) is 0 Å². The Hall–Kier alpha value is -3.47. The lowest BCUT2D eigenvalue weighted by Crippen LogP contribution is -2.25. The van der Waals surface area contributed by atoms with E-state index in [2.05, 4.69) is 15.5 Å². The third-order valence-electron chi connectivity index (χ3n) is 4.21. The summed E-state index contributed by atoms with van der Waals surface area (Å²) in [5.41, 5.74) is 5.69. The van der Waals surface area contributed by atoms with Crippen LogP contribution < -0.4 is 10.2 Å². The molecule has 1 aliphatic rings. The van der Waals surface area contributed by atoms with Gasteiger partial charge in [0.25, 0.3) is 5.91 Å². The maximum atomic E-state index is 12.2. The van der Waals surface area contributed by atoms with Crippen molar-refractivity contribution in [3.63, 3.8) is 0 Å². The Kier molecular flexibility index (Phi) is 4.43. The van der Waals surface area contributed by atoms with Gasteiger partial charge in [-0.1, -0.05) is 48.5 Å². The number of para-hydroxylation sites is 1. The number of hydrazone groups is 1. The van der Waals surface area contributed by atoms with Gasteiger partial charge in [0.05, 0.1) is 5.71 Å². The van der Waals surface area contributed by atoms with E-state index in [-0.39, 0.29) is 12.0 Å². The summed E-state index contributed by atoms with van der Waals surface area (Å²) < 4.78 is 6.13. The lowest BCUT2D eigenvalue weighted by Gasteiger charge is -2.27. The highest BCUT2D eigenvalue weighted by molar-refractivity contribution is 6.05. The third kappa shape index (κ3) is 3.32. The van der Waals surface area contributed by atoms with Crippen molar-refractivity contribution in [3.05, 3.63) is 95.8 Å². The van der Waals surface area contributed by atoms with Crippen molar-refractivity contribution in [2.75, 3.05) is 0 Å². The van der Waals surface area contributed by atoms with Crippen LogP contribution in [-0.4, -0.2) is 16.6 Å². The zero-order valence-corrected chi connectivity index (χ0v) is 14.0. The van der Waals surface area contributed by atoms with Crippen LogP contribution >= 0.6 is 0 Å². The zero-order valence-electron chi connectivity index (χ0n) is 14.0. The second kappa shape index (κ2) is 7.19. The number of hydrogen-bond acceptors (Lipinski definition) is 4. The highest BCUT2D eigenvalue weighted by atomic mass is 16.5. The van der Waals surface area contributed by atoms with Gasteiger partial charge < -0.3 is 4.74 Å². The Labute approximate surface area is 151 Å². The van der Waals surface area contributed by atoms with E-state index < -0.39 is 0 Å². The normalized spacial score (nSPS) is 17.2. The van der Waals surface area contributed by atoms with E-state index in [1.165, 1.54) is 0 Å². The van der Waals surface area contributed by atoms with Crippen molar-refractivity contribution in [3.8, 4) is 5.75 Å². The Morgan fingerprint density at radius 3 is 2.58 bits per heavy atom. The number of carbonyl (C=O) groups excluding carboxylic acids is 1. The SMILES string of the molecule is O=C(N/N=C1/C[C@@H](c2ccccc2)Oc2ccccc21)c1ccccn1. The van der Waals surface area contributed by atoms with Crippen LogP contribution in [-0.2, 0) is 0 Å². The molecule has 1 amide bonds. The molecule has 0 spiro atoms. The number of benzene rings is 2. The Morgan fingerprint density at radius 2 is 1.77 bits per heavy atom. The molecule has 128 valence electrons. The predicted octanol–water partition coefficient (Wildman–Crippen LogP) is 3.74. The van der Waals surface area contributed by atoms with Gasteiger partial charge in [0.15, 0.2) is 0 Å². The van der Waals surface area contributed by atoms with Gasteiger partial charge in [-0.25, -0.2) is 5.43 Å². The first kappa shape index (κ1) is 16.0. The van der Waals surface area contributed by atoms with Crippen LogP contribution in [0.2, 0.25) is 0 Å². The number of pyridine rings is 1. The number of nitrogens with zero attached hydrogens (tertiary/aromatic N) is 2. The van der Waals surface area contributed by atoms with Crippen LogP contribution in [0, 0.1) is 0 Å². The number of nitrogens with one attached hydrogen (secondary N) is 1. The largest absolute Gasteiger partial charge is 0.485 e. The van der Waals surface area contributed by atoms with Crippen molar-refractivity contribution < 1.29 is 9.53 Å². The molecule has 2 heterocycles. The van der Waals surface area contributed by atoms with E-state index in [0.717, 1.165) is 22.6 Å². The van der Waals surface area contributed by atoms with Gasteiger partial charge in [-0.2, -0.15) is 5.10 Å². The first-order valence-corrected chi connectivity index (χ1v) is 8.40. The fourth-order valence-electron chi connectivity index (χ4n) is 2.92. The van der Waals surface area contributed by atoms with Crippen LogP contribution in [0.15, 0.2) is 84.1 Å². The van der Waals surface area contributed by atoms with Crippen molar-refractivity contribution in [1.29, 1.82) is 0 Å². The van der Waals surface area contributed by atoms with E-state index in [9.17, 15) is 4.79 Å². The molecule has 26 heavy (non-hydrogen) atoms. The van der Waals surface area contributed by atoms with E-state index in [0.29, 0.717) is 12.1 Å². The molecule has 0 aliphatic carbocycles. The highest BCUT2D eigenvalue weighted by Crippen LogP contribution is 2.34. The number of amides is 1. The summed E-state index contributed by atoms with van der Waals surface area (Å²) in [6.45, 7) is 0. The number of rotatable bonds is 3. The molecule has 2 aromatic carbocycles. The monoisotopic (exact) mass is 343 g/mol. The molecule has 0 saturated heterocycles. The van der Waals surface area contributed by atoms with Gasteiger partial charge >= 0.3 is 0 Å². The standard InChI is InChI=1S/C21H17N3O2/c25-21(17-11-6-7-13-22-17)24-23-18-14-20(15-8-2-1-3-9-15)26-19-12-5-4-10-16(18)19/h1-13,20H,14H2,(H,24,25)/b23-18-/t20-/m0/s1. The van der Waals surface area contributed by atoms with Crippen LogP contribution in [0.5, 0.6) is 5.75 Å². The average Bonchev–Trinajstić information content (AvgIpc) is 2.73. The minimum atomic E-state index is -0.335. The van der Waals surface area contributed by atoms with Gasteiger partial charge in [0.1, 0.15) is 17.5 Å². The molecular weight excluding hydrogens is 326 g/mol. The quantitative estimate of drug-likeness (QED) is 0.737. The molecule has 0 unspecified atom stereocenters. The summed E-state index contributed by atoms with van der Waals surface area (Å²) in [6, 6.07) is 22.9. The van der Waals surface area contributed by atoms with Gasteiger partial charge in [-0.15, -0.1) is 0 Å². The fourth-order valence-corrected chi connectivity index (χ4v) is 2.92. The first-order valence-electron chi connectivity index (χ1n) is 8.40. The van der Waals surface area contributed by atoms with Crippen molar-refractivity contribution in [2.24, 2.45) is 5.10 Å². The predicted molar refractivity (Wildman–Crippen MR) is 99.1 cm³/mol. The Bertz CT molecular complexity index is 940. The van der Waals surface area contributed by atoms with E-state index in [4.69, 9.17) is 4.74 Å². The summed E-state index contributed by atoms with van der Waals surface area (Å²) in [4.78, 5) is 16.3. The van der Waals surface area contributed by atoms with Crippen molar-refractivity contribution in [1.82, 2.24) is 10.4 Å². The van der Waals surface area contributed by atoms with E-state index >= 15 is 0 Å². The van der Waals surface area contributed by atoms with Gasteiger partial charge in [0.2, 0.25) is 0 Å². The van der Waals surface area contributed by atoms with Crippen LogP contribution in [0.3, 0.4) is 0 Å². The zero-order chi connectivity index (χ0) is 17.8. The Morgan fingerprint density at radius 1 is 1.00 bits per heavy atom. The molecule has 0 bridgehead atoms. The van der Waals surface area contributed by atoms with Crippen LogP contribution in [0.1, 0.15) is 34.1 Å². The third-order valence-corrected chi connectivity index (χ3v) is 4.21. The molecule has 0 saturated carbocycles. The van der Waals surface area contributed by atoms with E-state index in [1.54, 1.807) is 24.4 Å². The summed E-state index contributed by atoms with van der Waals surface area (Å²) in [7, 11) is 0. The molecule has 0 radical (unpaired) electrons. The first-order chi connectivity index (χ1) is 12.8. The molecule has 3 aromatic rings. The van der Waals surface area contributed by atoms with Crippen molar-refractivity contribution in [2.45, 2.75) is 12.5 Å². The maximum Gasteiger partial charge on any atom is 0.289 e. The molecule has 1 atom stereocenters. The number of carbonyl (C=O) groups is 1. The fraction of sp³-hybridized carbons (Fsp3) is 0.0952. The minimum Gasteiger partial charge on any atom is -0.485 e.